The summed E-state index contributed by atoms with van der Waals surface area (Å²) in [5, 5.41) is 7.01. The molecule has 216 valence electrons. The van der Waals surface area contributed by atoms with Crippen LogP contribution in [0.4, 0.5) is 17.1 Å². The Bertz CT molecular complexity index is 2510. The summed E-state index contributed by atoms with van der Waals surface area (Å²) in [7, 11) is 0. The van der Waals surface area contributed by atoms with E-state index in [1.807, 2.05) is 0 Å². The van der Waals surface area contributed by atoms with Crippen molar-refractivity contribution in [3.8, 4) is 22.3 Å². The standard InChI is InChI=1S/C44H29NO/c1-3-13-32(14-4-1)39-29-40-43-41(20-11-21-42(43)46-44(40)38-19-10-9-18-37(38)39)45(35-16-5-2-6-17-35)36-26-24-31(25-27-36)34-23-22-30-12-7-8-15-33(30)28-34/h1-29H. The molecule has 0 amide bonds. The van der Waals surface area contributed by atoms with Crippen molar-refractivity contribution in [1.29, 1.82) is 0 Å². The van der Waals surface area contributed by atoms with Crippen LogP contribution in [0.2, 0.25) is 0 Å². The molecule has 0 bridgehead atoms. The molecule has 0 aliphatic rings. The fourth-order valence-electron chi connectivity index (χ4n) is 6.85. The molecule has 2 nitrogen and oxygen atoms in total. The van der Waals surface area contributed by atoms with Crippen LogP contribution in [0.5, 0.6) is 0 Å². The van der Waals surface area contributed by atoms with Gasteiger partial charge in [0.15, 0.2) is 0 Å². The number of hydrogen-bond donors (Lipinski definition) is 0. The summed E-state index contributed by atoms with van der Waals surface area (Å²) in [4.78, 5) is 2.35. The molecule has 0 saturated heterocycles. The topological polar surface area (TPSA) is 16.4 Å². The first-order valence-electron chi connectivity index (χ1n) is 15.7. The summed E-state index contributed by atoms with van der Waals surface area (Å²) in [6.45, 7) is 0. The predicted octanol–water partition coefficient (Wildman–Crippen LogP) is 12.7. The molecule has 0 atom stereocenters. The van der Waals surface area contributed by atoms with Crippen molar-refractivity contribution < 1.29 is 4.42 Å². The van der Waals surface area contributed by atoms with Gasteiger partial charge in [0.25, 0.3) is 0 Å². The molecule has 1 heterocycles. The number of nitrogens with zero attached hydrogens (tertiary/aromatic N) is 1. The lowest BCUT2D eigenvalue weighted by atomic mass is 9.95. The van der Waals surface area contributed by atoms with Crippen molar-refractivity contribution in [1.82, 2.24) is 0 Å². The van der Waals surface area contributed by atoms with E-state index < -0.39 is 0 Å². The van der Waals surface area contributed by atoms with E-state index in [1.165, 1.54) is 38.4 Å². The minimum absolute atomic E-state index is 0.872. The summed E-state index contributed by atoms with van der Waals surface area (Å²) in [6.07, 6.45) is 0. The second kappa shape index (κ2) is 10.8. The van der Waals surface area contributed by atoms with Crippen LogP contribution < -0.4 is 4.90 Å². The number of benzene rings is 8. The van der Waals surface area contributed by atoms with E-state index in [4.69, 9.17) is 4.42 Å². The average Bonchev–Trinajstić information content (AvgIpc) is 3.52. The highest BCUT2D eigenvalue weighted by atomic mass is 16.3. The number of rotatable bonds is 5. The Morgan fingerprint density at radius 3 is 1.85 bits per heavy atom. The van der Waals surface area contributed by atoms with Gasteiger partial charge in [-0.05, 0) is 86.9 Å². The highest BCUT2D eigenvalue weighted by Crippen LogP contribution is 2.46. The van der Waals surface area contributed by atoms with E-state index in [9.17, 15) is 0 Å². The third-order valence-corrected chi connectivity index (χ3v) is 9.03. The lowest BCUT2D eigenvalue weighted by Crippen LogP contribution is -2.10. The third-order valence-electron chi connectivity index (χ3n) is 9.03. The Hall–Kier alpha value is -6.12. The molecule has 0 aliphatic carbocycles. The average molecular weight is 588 g/mol. The molecule has 0 unspecified atom stereocenters. The molecule has 1 aromatic heterocycles. The van der Waals surface area contributed by atoms with Crippen LogP contribution in [0.25, 0.3) is 65.7 Å². The van der Waals surface area contributed by atoms with Crippen molar-refractivity contribution in [3.63, 3.8) is 0 Å². The zero-order chi connectivity index (χ0) is 30.5. The van der Waals surface area contributed by atoms with Gasteiger partial charge in [-0.25, -0.2) is 0 Å². The molecule has 2 heteroatoms. The molecule has 0 aliphatic heterocycles. The van der Waals surface area contributed by atoms with Gasteiger partial charge in [0, 0.05) is 22.1 Å². The van der Waals surface area contributed by atoms with Crippen molar-refractivity contribution in [2.45, 2.75) is 0 Å². The molecular weight excluding hydrogens is 558 g/mol. The van der Waals surface area contributed by atoms with Crippen LogP contribution >= 0.6 is 0 Å². The first-order valence-corrected chi connectivity index (χ1v) is 15.7. The first kappa shape index (κ1) is 26.3. The molecule has 0 N–H and O–H groups in total. The first-order chi connectivity index (χ1) is 22.8. The number of furan rings is 1. The smallest absolute Gasteiger partial charge is 0.143 e. The zero-order valence-corrected chi connectivity index (χ0v) is 25.1. The van der Waals surface area contributed by atoms with Crippen LogP contribution in [-0.4, -0.2) is 0 Å². The van der Waals surface area contributed by atoms with Crippen molar-refractivity contribution in [3.05, 3.63) is 176 Å². The van der Waals surface area contributed by atoms with Crippen LogP contribution in [0.1, 0.15) is 0 Å². The molecule has 46 heavy (non-hydrogen) atoms. The second-order valence-corrected chi connectivity index (χ2v) is 11.7. The molecule has 0 spiro atoms. The maximum Gasteiger partial charge on any atom is 0.143 e. The van der Waals surface area contributed by atoms with Crippen molar-refractivity contribution in [2.75, 3.05) is 4.90 Å². The zero-order valence-electron chi connectivity index (χ0n) is 25.1. The summed E-state index contributed by atoms with van der Waals surface area (Å²) < 4.78 is 6.70. The number of anilines is 3. The second-order valence-electron chi connectivity index (χ2n) is 11.7. The van der Waals surface area contributed by atoms with Crippen molar-refractivity contribution in [2.24, 2.45) is 0 Å². The van der Waals surface area contributed by atoms with E-state index in [-0.39, 0.29) is 0 Å². The van der Waals surface area contributed by atoms with Crippen LogP contribution in [0.15, 0.2) is 180 Å². The lowest BCUT2D eigenvalue weighted by molar-refractivity contribution is 0.672. The molecular formula is C44H29NO. The number of para-hydroxylation sites is 1. The summed E-state index contributed by atoms with van der Waals surface area (Å²) in [6, 6.07) is 62.6. The van der Waals surface area contributed by atoms with Gasteiger partial charge in [0.1, 0.15) is 11.2 Å². The predicted molar refractivity (Wildman–Crippen MR) is 194 cm³/mol. The molecule has 0 fully saturated rings. The largest absolute Gasteiger partial charge is 0.455 e. The fraction of sp³-hybridized carbons (Fsp3) is 0. The molecule has 0 saturated carbocycles. The number of hydrogen-bond acceptors (Lipinski definition) is 2. The minimum atomic E-state index is 0.872. The minimum Gasteiger partial charge on any atom is -0.455 e. The lowest BCUT2D eigenvalue weighted by Gasteiger charge is -2.26. The Labute approximate surface area is 267 Å². The Morgan fingerprint density at radius 2 is 1.04 bits per heavy atom. The highest BCUT2D eigenvalue weighted by Gasteiger charge is 2.21. The van der Waals surface area contributed by atoms with E-state index in [0.717, 1.165) is 44.4 Å². The molecule has 0 radical (unpaired) electrons. The van der Waals surface area contributed by atoms with Crippen molar-refractivity contribution >= 4 is 60.5 Å². The van der Waals surface area contributed by atoms with Crippen LogP contribution in [0, 0.1) is 0 Å². The summed E-state index contributed by atoms with van der Waals surface area (Å²) in [5.74, 6) is 0. The SMILES string of the molecule is c1ccc(-c2cc3c(oc4cccc(N(c5ccccc5)c5ccc(-c6ccc7ccccc7c6)cc5)c43)c3ccccc23)cc1. The van der Waals surface area contributed by atoms with E-state index in [2.05, 4.69) is 181 Å². The molecule has 9 aromatic rings. The summed E-state index contributed by atoms with van der Waals surface area (Å²) >= 11 is 0. The maximum atomic E-state index is 6.70. The normalized spacial score (nSPS) is 11.5. The van der Waals surface area contributed by atoms with Gasteiger partial charge in [-0.2, -0.15) is 0 Å². The van der Waals surface area contributed by atoms with Gasteiger partial charge < -0.3 is 9.32 Å². The number of fused-ring (bicyclic) bond motifs is 6. The van der Waals surface area contributed by atoms with Gasteiger partial charge in [-0.15, -0.1) is 0 Å². The van der Waals surface area contributed by atoms with Gasteiger partial charge in [0.2, 0.25) is 0 Å². The molecule has 8 aromatic carbocycles. The van der Waals surface area contributed by atoms with E-state index in [1.54, 1.807) is 0 Å². The van der Waals surface area contributed by atoms with Gasteiger partial charge in [-0.3, -0.25) is 0 Å². The Kier molecular flexibility index (Phi) is 6.17. The van der Waals surface area contributed by atoms with Gasteiger partial charge >= 0.3 is 0 Å². The van der Waals surface area contributed by atoms with Gasteiger partial charge in [-0.1, -0.05) is 127 Å². The third kappa shape index (κ3) is 4.35. The van der Waals surface area contributed by atoms with E-state index >= 15 is 0 Å². The monoisotopic (exact) mass is 587 g/mol. The maximum absolute atomic E-state index is 6.70. The van der Waals surface area contributed by atoms with Crippen LogP contribution in [0.3, 0.4) is 0 Å². The van der Waals surface area contributed by atoms with Gasteiger partial charge in [0.05, 0.1) is 11.1 Å². The fourth-order valence-corrected chi connectivity index (χ4v) is 6.85. The summed E-state index contributed by atoms with van der Waals surface area (Å²) in [5.41, 5.74) is 9.83. The Morgan fingerprint density at radius 1 is 0.391 bits per heavy atom. The highest BCUT2D eigenvalue weighted by molar-refractivity contribution is 6.22. The Balaban J connectivity index is 1.26. The molecule has 9 rings (SSSR count). The van der Waals surface area contributed by atoms with E-state index in [0.29, 0.717) is 0 Å². The van der Waals surface area contributed by atoms with Crippen LogP contribution in [-0.2, 0) is 0 Å². The quantitative estimate of drug-likeness (QED) is 0.199.